The van der Waals surface area contributed by atoms with Gasteiger partial charge in [0, 0.05) is 43.7 Å². The molecule has 2 unspecified atom stereocenters. The molecule has 42 heavy (non-hydrogen) atoms. The van der Waals surface area contributed by atoms with Gasteiger partial charge >= 0.3 is 6.01 Å². The summed E-state index contributed by atoms with van der Waals surface area (Å²) in [6.07, 6.45) is 3.26. The molecule has 0 aliphatic carbocycles. The molecule has 2 bridgehead atoms. The first kappa shape index (κ1) is 26.2. The first-order valence-electron chi connectivity index (χ1n) is 14.3. The van der Waals surface area contributed by atoms with E-state index in [1.807, 2.05) is 4.90 Å². The molecule has 8 rings (SSSR count). The van der Waals surface area contributed by atoms with E-state index in [9.17, 15) is 13.9 Å². The van der Waals surface area contributed by atoms with Crippen LogP contribution in [-0.2, 0) is 0 Å². The van der Waals surface area contributed by atoms with E-state index in [-0.39, 0.29) is 62.2 Å². The van der Waals surface area contributed by atoms with E-state index in [0.717, 1.165) is 43.6 Å². The van der Waals surface area contributed by atoms with E-state index in [1.54, 1.807) is 0 Å². The van der Waals surface area contributed by atoms with Gasteiger partial charge in [-0.15, -0.1) is 0 Å². The quantitative estimate of drug-likeness (QED) is 0.313. The summed E-state index contributed by atoms with van der Waals surface area (Å²) in [5, 5.41) is 14.8. The van der Waals surface area contributed by atoms with Gasteiger partial charge in [0.25, 0.3) is 0 Å². The number of nitrogens with one attached hydrogen (secondary N) is 1. The van der Waals surface area contributed by atoms with Crippen molar-refractivity contribution in [2.45, 2.75) is 55.9 Å². The molecule has 4 aliphatic heterocycles. The fourth-order valence-corrected chi connectivity index (χ4v) is 8.16. The molecule has 4 atom stereocenters. The predicted octanol–water partition coefficient (Wildman–Crippen LogP) is 3.76. The van der Waals surface area contributed by atoms with Crippen LogP contribution in [0.1, 0.15) is 32.1 Å². The number of aromatic hydroxyl groups is 1. The zero-order valence-electron chi connectivity index (χ0n) is 22.6. The number of nitrogen functional groups attached to an aromatic ring is 1. The number of pyridine rings is 1. The number of hydrogen-bond acceptors (Lipinski definition) is 11. The SMILES string of the molecule is Nc1nc2c(-c3c(O)nc4c(N5CC6CCC(C5)N6)nc(OC[C@@]56CCCN5C[C@H](F)C6)nc4c3F)ccc(F)c2s1. The fourth-order valence-electron chi connectivity index (χ4n) is 7.39. The molecule has 0 spiro atoms. The van der Waals surface area contributed by atoms with Crippen molar-refractivity contribution in [1.82, 2.24) is 30.2 Å². The van der Waals surface area contributed by atoms with Gasteiger partial charge in [-0.05, 0) is 44.4 Å². The van der Waals surface area contributed by atoms with E-state index >= 15 is 4.39 Å². The van der Waals surface area contributed by atoms with Gasteiger partial charge in [0.2, 0.25) is 5.88 Å². The van der Waals surface area contributed by atoms with E-state index in [1.165, 1.54) is 12.1 Å². The zero-order valence-corrected chi connectivity index (χ0v) is 23.4. The Morgan fingerprint density at radius 1 is 1.07 bits per heavy atom. The molecular weight excluding hydrogens is 569 g/mol. The lowest BCUT2D eigenvalue weighted by atomic mass is 9.95. The molecule has 0 saturated carbocycles. The van der Waals surface area contributed by atoms with Crippen molar-refractivity contribution in [2.24, 2.45) is 0 Å². The lowest BCUT2D eigenvalue weighted by Crippen LogP contribution is -2.51. The molecule has 4 fully saturated rings. The highest BCUT2D eigenvalue weighted by Gasteiger charge is 2.49. The Morgan fingerprint density at radius 2 is 1.88 bits per heavy atom. The van der Waals surface area contributed by atoms with Crippen molar-refractivity contribution >= 4 is 43.5 Å². The van der Waals surface area contributed by atoms with Crippen LogP contribution in [-0.4, -0.2) is 86.5 Å². The number of rotatable bonds is 5. The lowest BCUT2D eigenvalue weighted by Gasteiger charge is -2.34. The molecule has 220 valence electrons. The Hall–Kier alpha value is -3.49. The van der Waals surface area contributed by atoms with Crippen molar-refractivity contribution in [1.29, 1.82) is 0 Å². The topological polar surface area (TPSA) is 126 Å². The molecule has 0 radical (unpaired) electrons. The van der Waals surface area contributed by atoms with Gasteiger partial charge in [-0.25, -0.2) is 23.1 Å². The zero-order chi connectivity index (χ0) is 28.7. The van der Waals surface area contributed by atoms with Gasteiger partial charge in [0.15, 0.2) is 16.8 Å². The second kappa shape index (κ2) is 9.51. The number of halogens is 3. The first-order valence-corrected chi connectivity index (χ1v) is 15.1. The van der Waals surface area contributed by atoms with Gasteiger partial charge in [0.05, 0.1) is 21.3 Å². The smallest absolute Gasteiger partial charge is 0.319 e. The average Bonchev–Trinajstić information content (AvgIpc) is 3.70. The van der Waals surface area contributed by atoms with Crippen molar-refractivity contribution in [3.8, 4) is 23.0 Å². The van der Waals surface area contributed by atoms with Crippen LogP contribution < -0.4 is 20.7 Å². The fraction of sp³-hybridized carbons (Fsp3) is 0.500. The third-order valence-corrected chi connectivity index (χ3v) is 10.1. The highest BCUT2D eigenvalue weighted by molar-refractivity contribution is 7.22. The minimum absolute atomic E-state index is 0.0357. The van der Waals surface area contributed by atoms with Gasteiger partial charge in [-0.3, -0.25) is 4.90 Å². The number of nitrogens with zero attached hydrogens (tertiary/aromatic N) is 6. The minimum Gasteiger partial charge on any atom is -0.493 e. The van der Waals surface area contributed by atoms with Crippen LogP contribution in [0.4, 0.5) is 24.1 Å². The summed E-state index contributed by atoms with van der Waals surface area (Å²) in [5.74, 6) is -1.62. The van der Waals surface area contributed by atoms with Gasteiger partial charge < -0.3 is 25.8 Å². The monoisotopic (exact) mass is 598 g/mol. The third-order valence-electron chi connectivity index (χ3n) is 9.24. The number of thiazole rings is 1. The highest BCUT2D eigenvalue weighted by atomic mass is 32.1. The number of piperazine rings is 1. The maximum Gasteiger partial charge on any atom is 0.319 e. The Morgan fingerprint density at radius 3 is 2.69 bits per heavy atom. The molecule has 3 aromatic heterocycles. The highest BCUT2D eigenvalue weighted by Crippen LogP contribution is 2.43. The molecule has 14 heteroatoms. The third kappa shape index (κ3) is 4.06. The average molecular weight is 599 g/mol. The van der Waals surface area contributed by atoms with E-state index < -0.39 is 29.2 Å². The number of anilines is 2. The Bertz CT molecular complexity index is 1730. The normalized spacial score (nSPS) is 27.4. The van der Waals surface area contributed by atoms with Crippen LogP contribution in [0.3, 0.4) is 0 Å². The number of hydrogen-bond donors (Lipinski definition) is 3. The van der Waals surface area contributed by atoms with Crippen LogP contribution in [0.15, 0.2) is 12.1 Å². The standard InChI is InChI=1S/C28H29F3N8O2S/c29-13-8-28(6-1-7-39(28)9-13)12-41-27-36-21-19(31)18(16-4-5-17(30)23-20(16)35-26(32)42-23)25(40)34-22(21)24(37-27)38-10-14-2-3-15(11-38)33-14/h4-5,13-15,33H,1-3,6-12H2,(H2,32,35)(H,34,40)/t13-,14?,15?,28+/m1/s1. The van der Waals surface area contributed by atoms with Crippen LogP contribution in [0.2, 0.25) is 0 Å². The number of nitrogens with two attached hydrogens (primary N) is 1. The Balaban J connectivity index is 1.27. The summed E-state index contributed by atoms with van der Waals surface area (Å²) in [6.45, 7) is 2.64. The number of fused-ring (bicyclic) bond motifs is 5. The summed E-state index contributed by atoms with van der Waals surface area (Å²) in [4.78, 5) is 21.9. The molecule has 4 aromatic rings. The van der Waals surface area contributed by atoms with Crippen molar-refractivity contribution < 1.29 is 23.0 Å². The molecule has 0 amide bonds. The Kier molecular flexibility index (Phi) is 5.92. The van der Waals surface area contributed by atoms with Gasteiger partial charge in [-0.1, -0.05) is 11.3 Å². The second-order valence-electron chi connectivity index (χ2n) is 11.9. The predicted molar refractivity (Wildman–Crippen MR) is 153 cm³/mol. The van der Waals surface area contributed by atoms with Gasteiger partial charge in [-0.2, -0.15) is 9.97 Å². The Labute approximate surface area is 242 Å². The number of ether oxygens (including phenoxy) is 1. The van der Waals surface area contributed by atoms with E-state index in [4.69, 9.17) is 15.5 Å². The number of benzene rings is 1. The molecule has 4 saturated heterocycles. The molecule has 4 N–H and O–H groups in total. The van der Waals surface area contributed by atoms with Gasteiger partial charge in [0.1, 0.15) is 29.6 Å². The van der Waals surface area contributed by atoms with Crippen molar-refractivity contribution in [2.75, 3.05) is 43.4 Å². The second-order valence-corrected chi connectivity index (χ2v) is 12.9. The van der Waals surface area contributed by atoms with Crippen LogP contribution >= 0.6 is 11.3 Å². The van der Waals surface area contributed by atoms with Crippen LogP contribution in [0.5, 0.6) is 11.9 Å². The summed E-state index contributed by atoms with van der Waals surface area (Å²) in [7, 11) is 0. The van der Waals surface area contributed by atoms with Crippen LogP contribution in [0.25, 0.3) is 32.4 Å². The van der Waals surface area contributed by atoms with Crippen molar-refractivity contribution in [3.05, 3.63) is 23.8 Å². The summed E-state index contributed by atoms with van der Waals surface area (Å²) >= 11 is 0.937. The van der Waals surface area contributed by atoms with Crippen LogP contribution in [0, 0.1) is 11.6 Å². The largest absolute Gasteiger partial charge is 0.493 e. The lowest BCUT2D eigenvalue weighted by molar-refractivity contribution is 0.107. The summed E-state index contributed by atoms with van der Waals surface area (Å²) in [5.41, 5.74) is 5.39. The summed E-state index contributed by atoms with van der Waals surface area (Å²) < 4.78 is 51.8. The number of alkyl halides is 1. The summed E-state index contributed by atoms with van der Waals surface area (Å²) in [6, 6.07) is 3.00. The maximum atomic E-state index is 16.6. The molecule has 4 aliphatic rings. The van der Waals surface area contributed by atoms with E-state index in [0.29, 0.717) is 31.9 Å². The van der Waals surface area contributed by atoms with Crippen molar-refractivity contribution in [3.63, 3.8) is 0 Å². The molecule has 10 nitrogen and oxygen atoms in total. The molecule has 7 heterocycles. The van der Waals surface area contributed by atoms with E-state index in [2.05, 4.69) is 25.2 Å². The molecule has 1 aromatic carbocycles. The first-order chi connectivity index (χ1) is 20.3. The minimum atomic E-state index is -0.919. The maximum absolute atomic E-state index is 16.6. The number of aromatic nitrogens is 4. The molecular formula is C28H29F3N8O2S.